The SMILES string of the molecule is CC(C)(C)N(CCC(=O)O)CC1Cc2ccccc2O1. The first-order valence-corrected chi connectivity index (χ1v) is 7.07. The van der Waals surface area contributed by atoms with Crippen LogP contribution in [0.4, 0.5) is 0 Å². The molecular formula is C16H23NO3. The molecule has 1 N–H and O–H groups in total. The first-order chi connectivity index (χ1) is 9.36. The lowest BCUT2D eigenvalue weighted by atomic mass is 10.0. The van der Waals surface area contributed by atoms with Crippen LogP contribution in [0.2, 0.25) is 0 Å². The number of carboxylic acid groups (broad SMARTS) is 1. The minimum Gasteiger partial charge on any atom is -0.488 e. The summed E-state index contributed by atoms with van der Waals surface area (Å²) in [6, 6.07) is 8.09. The average molecular weight is 277 g/mol. The fourth-order valence-electron chi connectivity index (χ4n) is 2.53. The number of para-hydroxylation sites is 1. The predicted octanol–water partition coefficient (Wildman–Crippen LogP) is 2.57. The molecule has 4 heteroatoms. The topological polar surface area (TPSA) is 49.8 Å². The molecule has 0 saturated heterocycles. The van der Waals surface area contributed by atoms with Gasteiger partial charge in [-0.1, -0.05) is 18.2 Å². The van der Waals surface area contributed by atoms with E-state index in [1.165, 1.54) is 5.56 Å². The van der Waals surface area contributed by atoms with E-state index in [-0.39, 0.29) is 18.1 Å². The molecule has 0 bridgehead atoms. The van der Waals surface area contributed by atoms with Gasteiger partial charge in [0.1, 0.15) is 11.9 Å². The van der Waals surface area contributed by atoms with Crippen LogP contribution in [-0.2, 0) is 11.2 Å². The van der Waals surface area contributed by atoms with Gasteiger partial charge in [-0.2, -0.15) is 0 Å². The van der Waals surface area contributed by atoms with Crippen molar-refractivity contribution >= 4 is 5.97 Å². The van der Waals surface area contributed by atoms with Gasteiger partial charge in [0.05, 0.1) is 6.42 Å². The third-order valence-corrected chi connectivity index (χ3v) is 3.68. The Hall–Kier alpha value is -1.55. The minimum absolute atomic E-state index is 0.0619. The van der Waals surface area contributed by atoms with Crippen molar-refractivity contribution in [3.05, 3.63) is 29.8 Å². The molecular weight excluding hydrogens is 254 g/mol. The number of nitrogens with zero attached hydrogens (tertiary/aromatic N) is 1. The molecule has 1 aromatic rings. The lowest BCUT2D eigenvalue weighted by molar-refractivity contribution is -0.137. The zero-order chi connectivity index (χ0) is 14.8. The number of aliphatic carboxylic acids is 1. The van der Waals surface area contributed by atoms with Gasteiger partial charge in [-0.3, -0.25) is 9.69 Å². The fraction of sp³-hybridized carbons (Fsp3) is 0.562. The number of hydrogen-bond donors (Lipinski definition) is 1. The summed E-state index contributed by atoms with van der Waals surface area (Å²) in [5.74, 6) is 0.208. The maximum absolute atomic E-state index is 10.8. The number of fused-ring (bicyclic) bond motifs is 1. The van der Waals surface area contributed by atoms with Crippen LogP contribution in [0.3, 0.4) is 0 Å². The number of carboxylic acids is 1. The maximum Gasteiger partial charge on any atom is 0.304 e. The van der Waals surface area contributed by atoms with Crippen LogP contribution in [0.15, 0.2) is 24.3 Å². The number of rotatable bonds is 5. The van der Waals surface area contributed by atoms with Gasteiger partial charge in [0.2, 0.25) is 0 Å². The highest BCUT2D eigenvalue weighted by Crippen LogP contribution is 2.29. The van der Waals surface area contributed by atoms with Gasteiger partial charge in [-0.25, -0.2) is 0 Å². The zero-order valence-corrected chi connectivity index (χ0v) is 12.4. The molecule has 0 radical (unpaired) electrons. The summed E-state index contributed by atoms with van der Waals surface area (Å²) in [4.78, 5) is 13.0. The molecule has 0 aliphatic carbocycles. The van der Waals surface area contributed by atoms with Crippen molar-refractivity contribution in [3.8, 4) is 5.75 Å². The van der Waals surface area contributed by atoms with Crippen molar-refractivity contribution < 1.29 is 14.6 Å². The van der Waals surface area contributed by atoms with Gasteiger partial charge in [0, 0.05) is 25.0 Å². The van der Waals surface area contributed by atoms with E-state index in [0.29, 0.717) is 6.54 Å². The molecule has 0 amide bonds. The van der Waals surface area contributed by atoms with E-state index >= 15 is 0 Å². The lowest BCUT2D eigenvalue weighted by Gasteiger charge is -2.36. The zero-order valence-electron chi connectivity index (χ0n) is 12.4. The van der Waals surface area contributed by atoms with E-state index in [0.717, 1.165) is 18.7 Å². The van der Waals surface area contributed by atoms with Gasteiger partial charge >= 0.3 is 5.97 Å². The van der Waals surface area contributed by atoms with Gasteiger partial charge in [0.15, 0.2) is 0 Å². The Labute approximate surface area is 120 Å². The quantitative estimate of drug-likeness (QED) is 0.898. The molecule has 0 saturated carbocycles. The van der Waals surface area contributed by atoms with Crippen molar-refractivity contribution in [2.24, 2.45) is 0 Å². The third-order valence-electron chi connectivity index (χ3n) is 3.68. The second-order valence-corrected chi connectivity index (χ2v) is 6.31. The first kappa shape index (κ1) is 14.9. The van der Waals surface area contributed by atoms with Crippen molar-refractivity contribution in [2.75, 3.05) is 13.1 Å². The van der Waals surface area contributed by atoms with Crippen molar-refractivity contribution in [3.63, 3.8) is 0 Å². The van der Waals surface area contributed by atoms with Crippen LogP contribution in [0.5, 0.6) is 5.75 Å². The Morgan fingerprint density at radius 3 is 2.70 bits per heavy atom. The molecule has 2 rings (SSSR count). The van der Waals surface area contributed by atoms with E-state index in [1.54, 1.807) is 0 Å². The summed E-state index contributed by atoms with van der Waals surface area (Å²) in [7, 11) is 0. The number of hydrogen-bond acceptors (Lipinski definition) is 3. The molecule has 1 heterocycles. The first-order valence-electron chi connectivity index (χ1n) is 7.07. The number of benzene rings is 1. The molecule has 1 atom stereocenters. The normalized spacial score (nSPS) is 17.9. The molecule has 0 aromatic heterocycles. The average Bonchev–Trinajstić information content (AvgIpc) is 2.75. The Kier molecular flexibility index (Phi) is 4.33. The smallest absolute Gasteiger partial charge is 0.304 e. The second-order valence-electron chi connectivity index (χ2n) is 6.31. The fourth-order valence-corrected chi connectivity index (χ4v) is 2.53. The molecule has 1 aliphatic heterocycles. The minimum atomic E-state index is -0.755. The molecule has 110 valence electrons. The summed E-state index contributed by atoms with van der Waals surface area (Å²) >= 11 is 0. The molecule has 0 spiro atoms. The summed E-state index contributed by atoms with van der Waals surface area (Å²) < 4.78 is 5.95. The van der Waals surface area contributed by atoms with Gasteiger partial charge in [0.25, 0.3) is 0 Å². The summed E-state index contributed by atoms with van der Waals surface area (Å²) in [5, 5.41) is 8.87. The van der Waals surface area contributed by atoms with Crippen molar-refractivity contribution in [2.45, 2.75) is 45.3 Å². The predicted molar refractivity (Wildman–Crippen MR) is 78.1 cm³/mol. The van der Waals surface area contributed by atoms with E-state index in [1.807, 2.05) is 18.2 Å². The van der Waals surface area contributed by atoms with Crippen LogP contribution in [0.25, 0.3) is 0 Å². The van der Waals surface area contributed by atoms with Crippen LogP contribution in [0, 0.1) is 0 Å². The van der Waals surface area contributed by atoms with E-state index in [4.69, 9.17) is 9.84 Å². The van der Waals surface area contributed by atoms with Crippen LogP contribution in [0.1, 0.15) is 32.8 Å². The Bertz CT molecular complexity index is 454. The molecule has 1 aromatic carbocycles. The number of carbonyl (C=O) groups is 1. The number of ether oxygens (including phenoxy) is 1. The van der Waals surface area contributed by atoms with Crippen LogP contribution < -0.4 is 4.74 Å². The molecule has 1 aliphatic rings. The molecule has 20 heavy (non-hydrogen) atoms. The van der Waals surface area contributed by atoms with Gasteiger partial charge in [-0.15, -0.1) is 0 Å². The van der Waals surface area contributed by atoms with Crippen molar-refractivity contribution in [1.29, 1.82) is 0 Å². The third kappa shape index (κ3) is 3.73. The lowest BCUT2D eigenvalue weighted by Crippen LogP contribution is -2.47. The highest BCUT2D eigenvalue weighted by molar-refractivity contribution is 5.66. The summed E-state index contributed by atoms with van der Waals surface area (Å²) in [6.07, 6.45) is 1.17. The van der Waals surface area contributed by atoms with Gasteiger partial charge in [-0.05, 0) is 32.4 Å². The van der Waals surface area contributed by atoms with E-state index in [9.17, 15) is 4.79 Å². The Morgan fingerprint density at radius 2 is 2.10 bits per heavy atom. The molecule has 1 unspecified atom stereocenters. The summed E-state index contributed by atoms with van der Waals surface area (Å²) in [6.45, 7) is 7.63. The van der Waals surface area contributed by atoms with Crippen LogP contribution >= 0.6 is 0 Å². The van der Waals surface area contributed by atoms with E-state index < -0.39 is 5.97 Å². The largest absolute Gasteiger partial charge is 0.488 e. The highest BCUT2D eigenvalue weighted by atomic mass is 16.5. The standard InChI is InChI=1S/C16H23NO3/c1-16(2,3)17(9-8-15(18)19)11-13-10-12-6-4-5-7-14(12)20-13/h4-7,13H,8-11H2,1-3H3,(H,18,19). The Morgan fingerprint density at radius 1 is 1.40 bits per heavy atom. The second kappa shape index (κ2) is 5.83. The molecule has 0 fully saturated rings. The van der Waals surface area contributed by atoms with Crippen molar-refractivity contribution in [1.82, 2.24) is 4.90 Å². The Balaban J connectivity index is 1.98. The molecule has 4 nitrogen and oxygen atoms in total. The van der Waals surface area contributed by atoms with Gasteiger partial charge < -0.3 is 9.84 Å². The highest BCUT2D eigenvalue weighted by Gasteiger charge is 2.29. The monoisotopic (exact) mass is 277 g/mol. The van der Waals surface area contributed by atoms with Crippen LogP contribution in [-0.4, -0.2) is 40.7 Å². The summed E-state index contributed by atoms with van der Waals surface area (Å²) in [5.41, 5.74) is 1.18. The maximum atomic E-state index is 10.8. The van der Waals surface area contributed by atoms with E-state index in [2.05, 4.69) is 31.7 Å².